The summed E-state index contributed by atoms with van der Waals surface area (Å²) in [5.74, 6) is -0.264. The molecular weight excluding hydrogens is 289 g/mol. The van der Waals surface area contributed by atoms with Gasteiger partial charge >= 0.3 is 0 Å². The molecule has 0 amide bonds. The molecule has 6 N–H and O–H groups in total. The number of imidazole rings is 1. The van der Waals surface area contributed by atoms with Crippen molar-refractivity contribution < 1.29 is 24.4 Å². The van der Waals surface area contributed by atoms with Crippen LogP contribution in [0.3, 0.4) is 0 Å². The maximum Gasteiger partial charge on any atom is 0.293 e. The van der Waals surface area contributed by atoms with Crippen LogP contribution in [0.15, 0.2) is 4.79 Å². The topological polar surface area (TPSA) is 160 Å². The number of aliphatic hydroxyl groups excluding tert-OH is 3. The number of nitrogens with one attached hydrogen (secondary N) is 1. The van der Waals surface area contributed by atoms with Crippen LogP contribution in [-0.2, 0) is 4.74 Å². The van der Waals surface area contributed by atoms with E-state index in [1.807, 2.05) is 0 Å². The summed E-state index contributed by atoms with van der Waals surface area (Å²) in [4.78, 5) is 21.0. The van der Waals surface area contributed by atoms with Crippen molar-refractivity contribution in [2.75, 3.05) is 12.3 Å². The highest BCUT2D eigenvalue weighted by Gasteiger charge is 2.45. The largest absolute Gasteiger partial charge is 0.394 e. The Morgan fingerprint density at radius 2 is 2.10 bits per heavy atom. The lowest BCUT2D eigenvalue weighted by molar-refractivity contribution is -0.0557. The zero-order valence-corrected chi connectivity index (χ0v) is 10.5. The highest BCUT2D eigenvalue weighted by Crippen LogP contribution is 2.31. The van der Waals surface area contributed by atoms with E-state index in [4.69, 9.17) is 15.6 Å². The highest BCUT2D eigenvalue weighted by molar-refractivity contribution is 5.70. The van der Waals surface area contributed by atoms with E-state index in [0.717, 1.165) is 0 Å². The molecule has 0 saturated carbocycles. The predicted molar refractivity (Wildman–Crippen MR) is 65.5 cm³/mol. The van der Waals surface area contributed by atoms with E-state index in [0.29, 0.717) is 4.57 Å². The molecule has 0 spiro atoms. The number of hydrogen-bond acceptors (Lipinski definition) is 8. The average Bonchev–Trinajstić information content (AvgIpc) is 2.89. The summed E-state index contributed by atoms with van der Waals surface area (Å²) in [6, 6.07) is 0. The number of halogens is 1. The summed E-state index contributed by atoms with van der Waals surface area (Å²) in [6.45, 7) is -0.570. The monoisotopic (exact) mass is 301 g/mol. The molecule has 2 aromatic heterocycles. The standard InChI is InChI=1S/C10H12FN5O5/c11-9-13-3-6(14-10(12)15-7(3)20)16(9)8-5(19)4(18)2(1-17)21-8/h2,4-5,8,17-19H,1H2,(H3,12,14,15,20)/t2-,4?,5?,8-/m1/s1. The minimum atomic E-state index is -1.53. The Balaban J connectivity index is 2.17. The number of ether oxygens (including phenoxy) is 1. The first kappa shape index (κ1) is 13.9. The van der Waals surface area contributed by atoms with E-state index >= 15 is 0 Å². The molecule has 3 rings (SSSR count). The second kappa shape index (κ2) is 4.73. The molecule has 0 bridgehead atoms. The molecule has 3 heterocycles. The summed E-state index contributed by atoms with van der Waals surface area (Å²) in [5.41, 5.74) is 4.09. The number of hydrogen-bond donors (Lipinski definition) is 5. The van der Waals surface area contributed by atoms with Crippen molar-refractivity contribution in [3.8, 4) is 0 Å². The molecule has 0 aromatic carbocycles. The average molecular weight is 301 g/mol. The van der Waals surface area contributed by atoms with E-state index < -0.39 is 42.8 Å². The van der Waals surface area contributed by atoms with Gasteiger partial charge in [-0.15, -0.1) is 0 Å². The van der Waals surface area contributed by atoms with Gasteiger partial charge in [0.2, 0.25) is 5.95 Å². The van der Waals surface area contributed by atoms with Crippen LogP contribution in [0.2, 0.25) is 0 Å². The lowest BCUT2D eigenvalue weighted by Crippen LogP contribution is -2.33. The minimum absolute atomic E-state index is 0.233. The molecule has 1 aliphatic rings. The predicted octanol–water partition coefficient (Wildman–Crippen LogP) is -2.55. The molecule has 10 nitrogen and oxygen atoms in total. The van der Waals surface area contributed by atoms with Crippen molar-refractivity contribution in [2.45, 2.75) is 24.5 Å². The number of fused-ring (bicyclic) bond motifs is 1. The molecule has 1 fully saturated rings. The molecule has 1 saturated heterocycles. The fourth-order valence-electron chi connectivity index (χ4n) is 2.29. The van der Waals surface area contributed by atoms with Crippen LogP contribution >= 0.6 is 0 Å². The first-order valence-corrected chi connectivity index (χ1v) is 5.99. The van der Waals surface area contributed by atoms with Gasteiger partial charge in [0.15, 0.2) is 17.4 Å². The van der Waals surface area contributed by atoms with Crippen LogP contribution in [-0.4, -0.2) is 59.8 Å². The van der Waals surface area contributed by atoms with Crippen molar-refractivity contribution in [3.63, 3.8) is 0 Å². The number of aliphatic hydroxyl groups is 3. The Bertz CT molecular complexity index is 745. The van der Waals surface area contributed by atoms with E-state index in [1.165, 1.54) is 0 Å². The van der Waals surface area contributed by atoms with Crippen LogP contribution in [0.5, 0.6) is 0 Å². The second-order valence-electron chi connectivity index (χ2n) is 4.60. The van der Waals surface area contributed by atoms with Gasteiger partial charge in [-0.2, -0.15) is 14.4 Å². The van der Waals surface area contributed by atoms with Gasteiger partial charge in [-0.1, -0.05) is 0 Å². The van der Waals surface area contributed by atoms with E-state index in [2.05, 4.69) is 15.0 Å². The van der Waals surface area contributed by atoms with Crippen LogP contribution in [0.4, 0.5) is 10.3 Å². The maximum atomic E-state index is 14.0. The highest BCUT2D eigenvalue weighted by atomic mass is 19.1. The van der Waals surface area contributed by atoms with E-state index in [-0.39, 0.29) is 17.1 Å². The minimum Gasteiger partial charge on any atom is -0.394 e. The number of aromatic nitrogens is 4. The van der Waals surface area contributed by atoms with Gasteiger partial charge < -0.3 is 25.8 Å². The number of nitrogens with zero attached hydrogens (tertiary/aromatic N) is 3. The van der Waals surface area contributed by atoms with E-state index in [9.17, 15) is 19.4 Å². The Hall–Kier alpha value is -2.08. The third-order valence-corrected chi connectivity index (χ3v) is 3.30. The molecule has 4 atom stereocenters. The quantitative estimate of drug-likeness (QED) is 0.379. The number of anilines is 1. The Morgan fingerprint density at radius 1 is 1.38 bits per heavy atom. The van der Waals surface area contributed by atoms with Gasteiger partial charge in [0.25, 0.3) is 11.6 Å². The molecule has 1 aliphatic heterocycles. The smallest absolute Gasteiger partial charge is 0.293 e. The summed E-state index contributed by atoms with van der Waals surface area (Å²) in [7, 11) is 0. The Labute approximate surface area is 115 Å². The van der Waals surface area contributed by atoms with Gasteiger partial charge in [-0.05, 0) is 0 Å². The molecule has 11 heteroatoms. The van der Waals surface area contributed by atoms with Crippen molar-refractivity contribution in [2.24, 2.45) is 0 Å². The van der Waals surface area contributed by atoms with Crippen LogP contribution in [0.1, 0.15) is 6.23 Å². The van der Waals surface area contributed by atoms with Gasteiger partial charge in [0.05, 0.1) is 6.61 Å². The summed E-state index contributed by atoms with van der Waals surface area (Å²) >= 11 is 0. The fraction of sp³-hybridized carbons (Fsp3) is 0.500. The zero-order valence-electron chi connectivity index (χ0n) is 10.5. The lowest BCUT2D eigenvalue weighted by atomic mass is 10.1. The molecule has 2 unspecified atom stereocenters. The first-order chi connectivity index (χ1) is 9.93. The van der Waals surface area contributed by atoms with Crippen molar-refractivity contribution in [1.29, 1.82) is 0 Å². The zero-order chi connectivity index (χ0) is 15.3. The number of aromatic amines is 1. The second-order valence-corrected chi connectivity index (χ2v) is 4.60. The third-order valence-electron chi connectivity index (χ3n) is 3.30. The molecule has 21 heavy (non-hydrogen) atoms. The molecular formula is C10H12FN5O5. The third kappa shape index (κ3) is 1.98. The van der Waals surface area contributed by atoms with Crippen molar-refractivity contribution >= 4 is 17.1 Å². The lowest BCUT2D eigenvalue weighted by Gasteiger charge is -2.16. The maximum absolute atomic E-state index is 14.0. The number of rotatable bonds is 2. The van der Waals surface area contributed by atoms with Gasteiger partial charge in [0, 0.05) is 0 Å². The normalized spacial score (nSPS) is 29.3. The van der Waals surface area contributed by atoms with E-state index in [1.54, 1.807) is 0 Å². The Kier molecular flexibility index (Phi) is 3.13. The summed E-state index contributed by atoms with van der Waals surface area (Å²) in [5, 5.41) is 28.6. The SMILES string of the molecule is Nc1nc2c(nc(F)n2[C@@H]2O[C@H](CO)C(O)C2O)c(=O)[nH]1. The number of nitrogens with two attached hydrogens (primary N) is 1. The van der Waals surface area contributed by atoms with Crippen molar-refractivity contribution in [3.05, 3.63) is 16.4 Å². The summed E-state index contributed by atoms with van der Waals surface area (Å²) in [6.07, 6.45) is -6.58. The number of H-pyrrole nitrogens is 1. The summed E-state index contributed by atoms with van der Waals surface area (Å²) < 4.78 is 19.9. The molecule has 114 valence electrons. The molecule has 0 radical (unpaired) electrons. The fourth-order valence-corrected chi connectivity index (χ4v) is 2.29. The Morgan fingerprint density at radius 3 is 2.71 bits per heavy atom. The van der Waals surface area contributed by atoms with Crippen LogP contribution in [0, 0.1) is 6.08 Å². The van der Waals surface area contributed by atoms with Crippen LogP contribution < -0.4 is 11.3 Å². The molecule has 2 aromatic rings. The van der Waals surface area contributed by atoms with Crippen LogP contribution in [0.25, 0.3) is 11.2 Å². The number of nitrogen functional groups attached to an aromatic ring is 1. The van der Waals surface area contributed by atoms with Gasteiger partial charge in [-0.25, -0.2) is 0 Å². The first-order valence-electron chi connectivity index (χ1n) is 5.99. The van der Waals surface area contributed by atoms with Gasteiger partial charge in [-0.3, -0.25) is 14.3 Å². The van der Waals surface area contributed by atoms with Gasteiger partial charge in [0.1, 0.15) is 18.3 Å². The molecule has 0 aliphatic carbocycles. The van der Waals surface area contributed by atoms with Crippen molar-refractivity contribution in [1.82, 2.24) is 19.5 Å².